The minimum atomic E-state index is -0.333. The molecular formula is C31H29Cl2N7O4. The normalized spacial score (nSPS) is 14.7. The van der Waals surface area contributed by atoms with Gasteiger partial charge in [-0.1, -0.05) is 29.8 Å². The third kappa shape index (κ3) is 5.34. The van der Waals surface area contributed by atoms with Gasteiger partial charge in [0.1, 0.15) is 17.1 Å². The van der Waals surface area contributed by atoms with Gasteiger partial charge in [0.25, 0.3) is 0 Å². The van der Waals surface area contributed by atoms with Gasteiger partial charge in [0.2, 0.25) is 11.9 Å². The molecule has 2 N–H and O–H groups in total. The molecule has 13 heteroatoms. The second-order valence-electron chi connectivity index (χ2n) is 10.1. The standard InChI is InChI=1S/C31H29Cl2N7O4/c1-5-25(41)36-22-13-18(39-10-8-19(16-39)42-2)6-7-21(22)37-31-35-15-17-12-20(30-34-9-11-40(30)29(17)38-31)26-27(32)23(43-3)14-24(44-4)28(26)33/h5-7,9,11-15,19H,1,8,10,16H2,2-4H3,(H,36,41)(H,35,37,38). The van der Waals surface area contributed by atoms with Crippen molar-refractivity contribution in [2.75, 3.05) is 50.0 Å². The Hall–Kier alpha value is -4.58. The third-order valence-corrected chi connectivity index (χ3v) is 8.34. The number of methoxy groups -OCH3 is 3. The van der Waals surface area contributed by atoms with Crippen LogP contribution in [0.3, 0.4) is 0 Å². The van der Waals surface area contributed by atoms with Gasteiger partial charge in [0.05, 0.1) is 41.7 Å². The van der Waals surface area contributed by atoms with E-state index in [0.717, 1.165) is 25.2 Å². The van der Waals surface area contributed by atoms with Crippen molar-refractivity contribution in [3.8, 4) is 22.6 Å². The molecule has 1 atom stereocenters. The van der Waals surface area contributed by atoms with Gasteiger partial charge in [-0.2, -0.15) is 4.98 Å². The van der Waals surface area contributed by atoms with Gasteiger partial charge in [-0.25, -0.2) is 9.97 Å². The maximum Gasteiger partial charge on any atom is 0.247 e. The predicted octanol–water partition coefficient (Wildman–Crippen LogP) is 6.36. The number of benzene rings is 2. The topological polar surface area (TPSA) is 115 Å². The lowest BCUT2D eigenvalue weighted by Gasteiger charge is -2.21. The minimum Gasteiger partial charge on any atom is -0.495 e. The van der Waals surface area contributed by atoms with Gasteiger partial charge in [0.15, 0.2) is 5.65 Å². The van der Waals surface area contributed by atoms with E-state index in [1.54, 1.807) is 31.8 Å². The Morgan fingerprint density at radius 1 is 1.05 bits per heavy atom. The van der Waals surface area contributed by atoms with Crippen molar-refractivity contribution in [1.82, 2.24) is 19.4 Å². The number of carbonyl (C=O) groups excluding carboxylic acids is 1. The highest BCUT2D eigenvalue weighted by Crippen LogP contribution is 2.47. The average molecular weight is 635 g/mol. The quantitative estimate of drug-likeness (QED) is 0.179. The summed E-state index contributed by atoms with van der Waals surface area (Å²) in [6.07, 6.45) is 7.49. The maximum absolute atomic E-state index is 12.3. The van der Waals surface area contributed by atoms with Crippen LogP contribution >= 0.6 is 23.2 Å². The molecule has 1 saturated heterocycles. The van der Waals surface area contributed by atoms with Crippen molar-refractivity contribution in [3.05, 3.63) is 71.6 Å². The molecule has 1 aliphatic rings. The Labute approximate surface area is 263 Å². The summed E-state index contributed by atoms with van der Waals surface area (Å²) >= 11 is 13.5. The van der Waals surface area contributed by atoms with E-state index in [1.807, 2.05) is 28.7 Å². The summed E-state index contributed by atoms with van der Waals surface area (Å²) < 4.78 is 18.3. The second-order valence-corrected chi connectivity index (χ2v) is 10.8. The van der Waals surface area contributed by atoms with Crippen LogP contribution < -0.4 is 25.0 Å². The number of rotatable bonds is 9. The SMILES string of the molecule is C=CC(=O)Nc1cc(N2CCC(OC)C2)ccc1Nc1ncc2cc(-c3c(Cl)c(OC)cc(OC)c3Cl)c3nccn3c2n1. The van der Waals surface area contributed by atoms with E-state index in [4.69, 9.17) is 42.4 Å². The second kappa shape index (κ2) is 12.2. The first-order chi connectivity index (χ1) is 21.3. The molecule has 44 heavy (non-hydrogen) atoms. The molecule has 0 bridgehead atoms. The number of nitrogens with one attached hydrogen (secondary N) is 2. The summed E-state index contributed by atoms with van der Waals surface area (Å²) in [5.41, 5.74) is 4.49. The zero-order valence-corrected chi connectivity index (χ0v) is 25.7. The fourth-order valence-electron chi connectivity index (χ4n) is 5.34. The lowest BCUT2D eigenvalue weighted by Crippen LogP contribution is -2.22. The Morgan fingerprint density at radius 2 is 1.82 bits per heavy atom. The largest absolute Gasteiger partial charge is 0.495 e. The van der Waals surface area contributed by atoms with Gasteiger partial charge < -0.3 is 29.7 Å². The number of fused-ring (bicyclic) bond motifs is 3. The van der Waals surface area contributed by atoms with E-state index in [9.17, 15) is 4.79 Å². The van der Waals surface area contributed by atoms with Crippen molar-refractivity contribution in [1.29, 1.82) is 0 Å². The number of carbonyl (C=O) groups is 1. The van der Waals surface area contributed by atoms with Crippen molar-refractivity contribution in [2.45, 2.75) is 12.5 Å². The Balaban J connectivity index is 1.41. The number of pyridine rings is 1. The van der Waals surface area contributed by atoms with Crippen molar-refractivity contribution >= 4 is 68.8 Å². The van der Waals surface area contributed by atoms with Crippen LogP contribution in [0.15, 0.2) is 61.6 Å². The van der Waals surface area contributed by atoms with E-state index in [2.05, 4.69) is 32.1 Å². The number of ether oxygens (including phenoxy) is 3. The molecule has 0 spiro atoms. The molecule has 4 heterocycles. The maximum atomic E-state index is 12.3. The molecular weight excluding hydrogens is 605 g/mol. The van der Waals surface area contributed by atoms with Crippen LogP contribution in [0, 0.1) is 0 Å². The molecule has 0 saturated carbocycles. The van der Waals surface area contributed by atoms with Crippen LogP contribution in [0.25, 0.3) is 27.8 Å². The Morgan fingerprint density at radius 3 is 2.50 bits per heavy atom. The monoisotopic (exact) mass is 633 g/mol. The van der Waals surface area contributed by atoms with Gasteiger partial charge >= 0.3 is 0 Å². The summed E-state index contributed by atoms with van der Waals surface area (Å²) in [5, 5.41) is 7.51. The zero-order chi connectivity index (χ0) is 31.0. The summed E-state index contributed by atoms with van der Waals surface area (Å²) in [6, 6.07) is 9.30. The zero-order valence-electron chi connectivity index (χ0n) is 24.2. The highest BCUT2D eigenvalue weighted by atomic mass is 35.5. The summed E-state index contributed by atoms with van der Waals surface area (Å²) in [5.74, 6) is 0.816. The van der Waals surface area contributed by atoms with Crippen LogP contribution in [0.2, 0.25) is 10.0 Å². The molecule has 0 aliphatic carbocycles. The molecule has 0 radical (unpaired) electrons. The van der Waals surface area contributed by atoms with Crippen LogP contribution in [-0.2, 0) is 9.53 Å². The summed E-state index contributed by atoms with van der Waals surface area (Å²) in [7, 11) is 4.77. The first-order valence-corrected chi connectivity index (χ1v) is 14.5. The average Bonchev–Trinajstić information content (AvgIpc) is 3.73. The number of halogens is 2. The number of hydrogen-bond donors (Lipinski definition) is 2. The lowest BCUT2D eigenvalue weighted by atomic mass is 10.0. The molecule has 1 fully saturated rings. The number of imidazole rings is 1. The van der Waals surface area contributed by atoms with E-state index in [-0.39, 0.29) is 12.0 Å². The van der Waals surface area contributed by atoms with Gasteiger partial charge in [-0.15, -0.1) is 0 Å². The molecule has 1 aliphatic heterocycles. The highest BCUT2D eigenvalue weighted by Gasteiger charge is 2.24. The molecule has 2 aromatic carbocycles. The molecule has 1 amide bonds. The predicted molar refractivity (Wildman–Crippen MR) is 173 cm³/mol. The van der Waals surface area contributed by atoms with Crippen LogP contribution in [0.1, 0.15) is 6.42 Å². The fraction of sp³-hybridized carbons (Fsp3) is 0.226. The number of hydrogen-bond acceptors (Lipinski definition) is 9. The van der Waals surface area contributed by atoms with Gasteiger partial charge in [0, 0.05) is 67.1 Å². The van der Waals surface area contributed by atoms with Crippen LogP contribution in [0.4, 0.5) is 23.0 Å². The Kier molecular flexibility index (Phi) is 8.17. The van der Waals surface area contributed by atoms with Crippen LogP contribution in [-0.4, -0.2) is 65.8 Å². The highest BCUT2D eigenvalue weighted by molar-refractivity contribution is 6.41. The fourth-order valence-corrected chi connectivity index (χ4v) is 6.04. The lowest BCUT2D eigenvalue weighted by molar-refractivity contribution is -0.111. The van der Waals surface area contributed by atoms with Crippen molar-refractivity contribution in [2.24, 2.45) is 0 Å². The molecule has 226 valence electrons. The van der Waals surface area contributed by atoms with E-state index in [0.29, 0.717) is 66.7 Å². The molecule has 3 aromatic heterocycles. The van der Waals surface area contributed by atoms with Gasteiger partial charge in [-0.3, -0.25) is 9.20 Å². The first kappa shape index (κ1) is 29.5. The third-order valence-electron chi connectivity index (χ3n) is 7.58. The minimum absolute atomic E-state index is 0.170. The van der Waals surface area contributed by atoms with E-state index in [1.165, 1.54) is 20.3 Å². The molecule has 5 aromatic rings. The summed E-state index contributed by atoms with van der Waals surface area (Å²) in [4.78, 5) is 28.5. The van der Waals surface area contributed by atoms with Crippen molar-refractivity contribution in [3.63, 3.8) is 0 Å². The Bertz CT molecular complexity index is 1880. The number of nitrogens with zero attached hydrogens (tertiary/aromatic N) is 5. The molecule has 1 unspecified atom stereocenters. The smallest absolute Gasteiger partial charge is 0.247 e. The first-order valence-electron chi connectivity index (χ1n) is 13.7. The summed E-state index contributed by atoms with van der Waals surface area (Å²) in [6.45, 7) is 5.21. The molecule has 11 nitrogen and oxygen atoms in total. The van der Waals surface area contributed by atoms with Crippen LogP contribution in [0.5, 0.6) is 11.5 Å². The van der Waals surface area contributed by atoms with Gasteiger partial charge in [-0.05, 0) is 36.8 Å². The number of amides is 1. The number of anilines is 4. The van der Waals surface area contributed by atoms with E-state index >= 15 is 0 Å². The number of aromatic nitrogens is 4. The van der Waals surface area contributed by atoms with Crippen molar-refractivity contribution < 1.29 is 19.0 Å². The molecule has 6 rings (SSSR count). The van der Waals surface area contributed by atoms with E-state index < -0.39 is 0 Å².